The Hall–Kier alpha value is -0.680. The van der Waals surface area contributed by atoms with Gasteiger partial charge in [-0.15, -0.1) is 0 Å². The zero-order valence-electron chi connectivity index (χ0n) is 13.1. The number of unbranched alkanes of at least 4 members (excludes halogenated alkanes) is 5. The van der Waals surface area contributed by atoms with Crippen LogP contribution in [0.25, 0.3) is 0 Å². The molecule has 0 saturated heterocycles. The molecule has 134 valence electrons. The third-order valence-corrected chi connectivity index (χ3v) is 5.22. The first-order valence-corrected chi connectivity index (χ1v) is 9.10. The van der Waals surface area contributed by atoms with Crippen LogP contribution in [0.2, 0.25) is 20.1 Å². The van der Waals surface area contributed by atoms with Gasteiger partial charge in [0.05, 0.1) is 37.8 Å². The summed E-state index contributed by atoms with van der Waals surface area (Å²) in [6, 6.07) is 0. The van der Waals surface area contributed by atoms with Gasteiger partial charge in [0.15, 0.2) is 0 Å². The van der Waals surface area contributed by atoms with Crippen LogP contribution in [0.15, 0.2) is 0 Å². The summed E-state index contributed by atoms with van der Waals surface area (Å²) in [5.41, 5.74) is -0.890. The van der Waals surface area contributed by atoms with Gasteiger partial charge in [-0.25, -0.2) is 9.59 Å². The summed E-state index contributed by atoms with van der Waals surface area (Å²) in [6.45, 7) is 2.30. The number of carboxylic acids is 1. The maximum atomic E-state index is 12.2. The molecule has 0 fully saturated rings. The van der Waals surface area contributed by atoms with Gasteiger partial charge in [-0.05, 0) is 6.42 Å². The first kappa shape index (κ1) is 21.4. The van der Waals surface area contributed by atoms with E-state index in [9.17, 15) is 14.7 Å². The largest absolute Gasteiger partial charge is 0.478 e. The van der Waals surface area contributed by atoms with E-state index in [0.29, 0.717) is 6.42 Å². The molecule has 0 saturated carbocycles. The standard InChI is InChI=1S/C16H18Cl4O4/c1-2-3-4-5-6-7-8-24-16(23)10-9(15(21)22)11(17)13(19)14(20)12(10)18/h2-8H2,1H3,(H,21,22). The van der Waals surface area contributed by atoms with Gasteiger partial charge in [-0.2, -0.15) is 0 Å². The number of carbonyl (C=O) groups excluding carboxylic acids is 1. The van der Waals surface area contributed by atoms with E-state index in [4.69, 9.17) is 51.1 Å². The number of hydrogen-bond acceptors (Lipinski definition) is 3. The molecule has 1 aromatic rings. The van der Waals surface area contributed by atoms with Crippen molar-refractivity contribution in [1.29, 1.82) is 0 Å². The average molecular weight is 416 g/mol. The first-order chi connectivity index (χ1) is 11.3. The summed E-state index contributed by atoms with van der Waals surface area (Å²) in [7, 11) is 0. The van der Waals surface area contributed by atoms with Gasteiger partial charge in [0, 0.05) is 0 Å². The Labute approximate surface area is 161 Å². The molecule has 0 spiro atoms. The van der Waals surface area contributed by atoms with E-state index in [1.165, 1.54) is 6.42 Å². The highest BCUT2D eigenvalue weighted by atomic mass is 35.5. The smallest absolute Gasteiger partial charge is 0.340 e. The van der Waals surface area contributed by atoms with Crippen LogP contribution in [0, 0.1) is 0 Å². The van der Waals surface area contributed by atoms with Crippen LogP contribution in [0.5, 0.6) is 0 Å². The molecule has 4 nitrogen and oxygen atoms in total. The topological polar surface area (TPSA) is 63.6 Å². The summed E-state index contributed by atoms with van der Waals surface area (Å²) >= 11 is 23.6. The fraction of sp³-hybridized carbons (Fsp3) is 0.500. The van der Waals surface area contributed by atoms with Crippen LogP contribution in [-0.4, -0.2) is 23.7 Å². The van der Waals surface area contributed by atoms with Crippen molar-refractivity contribution in [3.63, 3.8) is 0 Å². The van der Waals surface area contributed by atoms with Gasteiger partial charge < -0.3 is 9.84 Å². The van der Waals surface area contributed by atoms with E-state index in [1.54, 1.807) is 0 Å². The summed E-state index contributed by atoms with van der Waals surface area (Å²) in [4.78, 5) is 23.6. The van der Waals surface area contributed by atoms with Crippen molar-refractivity contribution in [2.75, 3.05) is 6.61 Å². The number of esters is 1. The van der Waals surface area contributed by atoms with Crippen LogP contribution in [0.4, 0.5) is 0 Å². The molecule has 0 unspecified atom stereocenters. The molecule has 1 aromatic carbocycles. The lowest BCUT2D eigenvalue weighted by molar-refractivity contribution is 0.0487. The minimum atomic E-state index is -1.44. The average Bonchev–Trinajstić information content (AvgIpc) is 2.54. The van der Waals surface area contributed by atoms with E-state index in [-0.39, 0.29) is 32.3 Å². The number of rotatable bonds is 9. The molecular formula is C16H18Cl4O4. The first-order valence-electron chi connectivity index (χ1n) is 7.59. The van der Waals surface area contributed by atoms with Crippen LogP contribution in [0.1, 0.15) is 66.2 Å². The molecule has 0 aliphatic rings. The summed E-state index contributed by atoms with van der Waals surface area (Å²) in [5, 5.41) is 8.26. The number of aromatic carboxylic acids is 1. The third-order valence-electron chi connectivity index (χ3n) is 3.42. The molecule has 0 radical (unpaired) electrons. The Morgan fingerprint density at radius 1 is 0.833 bits per heavy atom. The van der Waals surface area contributed by atoms with E-state index < -0.39 is 17.5 Å². The summed E-state index contributed by atoms with van der Waals surface area (Å²) < 4.78 is 5.11. The Morgan fingerprint density at radius 2 is 1.33 bits per heavy atom. The molecule has 0 aliphatic heterocycles. The Balaban J connectivity index is 2.82. The van der Waals surface area contributed by atoms with Gasteiger partial charge >= 0.3 is 11.9 Å². The van der Waals surface area contributed by atoms with Crippen molar-refractivity contribution in [3.05, 3.63) is 31.2 Å². The fourth-order valence-electron chi connectivity index (χ4n) is 2.14. The van der Waals surface area contributed by atoms with Crippen molar-refractivity contribution < 1.29 is 19.4 Å². The highest BCUT2D eigenvalue weighted by Gasteiger charge is 2.29. The second-order valence-corrected chi connectivity index (χ2v) is 6.73. The maximum Gasteiger partial charge on any atom is 0.340 e. The minimum Gasteiger partial charge on any atom is -0.478 e. The quantitative estimate of drug-likeness (QED) is 0.216. The monoisotopic (exact) mass is 414 g/mol. The number of ether oxygens (including phenoxy) is 1. The fourth-order valence-corrected chi connectivity index (χ4v) is 3.15. The second-order valence-electron chi connectivity index (χ2n) is 5.21. The van der Waals surface area contributed by atoms with Crippen LogP contribution in [-0.2, 0) is 4.74 Å². The number of halogens is 4. The molecule has 1 rings (SSSR count). The maximum absolute atomic E-state index is 12.2. The van der Waals surface area contributed by atoms with Crippen LogP contribution in [0.3, 0.4) is 0 Å². The number of hydrogen-bond donors (Lipinski definition) is 1. The zero-order chi connectivity index (χ0) is 18.3. The van der Waals surface area contributed by atoms with Gasteiger partial charge in [-0.3, -0.25) is 0 Å². The molecule has 0 amide bonds. The van der Waals surface area contributed by atoms with E-state index >= 15 is 0 Å². The van der Waals surface area contributed by atoms with E-state index in [2.05, 4.69) is 6.92 Å². The molecule has 0 atom stereocenters. The van der Waals surface area contributed by atoms with Crippen molar-refractivity contribution in [2.45, 2.75) is 45.4 Å². The Morgan fingerprint density at radius 3 is 1.88 bits per heavy atom. The highest BCUT2D eigenvalue weighted by molar-refractivity contribution is 6.54. The van der Waals surface area contributed by atoms with Crippen molar-refractivity contribution >= 4 is 58.3 Å². The van der Waals surface area contributed by atoms with Crippen LogP contribution >= 0.6 is 46.4 Å². The lowest BCUT2D eigenvalue weighted by Crippen LogP contribution is -2.14. The molecular weight excluding hydrogens is 398 g/mol. The van der Waals surface area contributed by atoms with E-state index in [0.717, 1.165) is 25.7 Å². The molecule has 24 heavy (non-hydrogen) atoms. The lowest BCUT2D eigenvalue weighted by atomic mass is 10.1. The van der Waals surface area contributed by atoms with E-state index in [1.807, 2.05) is 0 Å². The van der Waals surface area contributed by atoms with Gasteiger partial charge in [0.1, 0.15) is 0 Å². The Kier molecular flexibility index (Phi) is 9.21. The number of carboxylic acid groups (broad SMARTS) is 1. The molecule has 0 aliphatic carbocycles. The number of carbonyl (C=O) groups is 2. The predicted molar refractivity (Wildman–Crippen MR) is 97.1 cm³/mol. The SMILES string of the molecule is CCCCCCCCOC(=O)c1c(Cl)c(Cl)c(Cl)c(Cl)c1C(=O)O. The number of benzene rings is 1. The van der Waals surface area contributed by atoms with Crippen molar-refractivity contribution in [2.24, 2.45) is 0 Å². The summed E-state index contributed by atoms with van der Waals surface area (Å²) in [6.07, 6.45) is 6.15. The second kappa shape index (κ2) is 10.3. The third kappa shape index (κ3) is 5.41. The minimum absolute atomic E-state index is 0.165. The molecule has 0 aromatic heterocycles. The van der Waals surface area contributed by atoms with Gasteiger partial charge in [-0.1, -0.05) is 85.4 Å². The van der Waals surface area contributed by atoms with Crippen LogP contribution < -0.4 is 0 Å². The highest BCUT2D eigenvalue weighted by Crippen LogP contribution is 2.41. The molecule has 0 heterocycles. The molecule has 0 bridgehead atoms. The lowest BCUT2D eigenvalue weighted by Gasteiger charge is -2.13. The Bertz CT molecular complexity index is 617. The molecule has 1 N–H and O–H groups in total. The zero-order valence-corrected chi connectivity index (χ0v) is 16.2. The summed E-state index contributed by atoms with van der Waals surface area (Å²) in [5.74, 6) is -2.32. The van der Waals surface area contributed by atoms with Gasteiger partial charge in [0.25, 0.3) is 0 Å². The van der Waals surface area contributed by atoms with Gasteiger partial charge in [0.2, 0.25) is 0 Å². The predicted octanol–water partition coefficient (Wildman–Crippen LogP) is 6.52. The normalized spacial score (nSPS) is 10.7. The molecule has 8 heteroatoms. The van der Waals surface area contributed by atoms with Crippen molar-refractivity contribution in [3.8, 4) is 0 Å². The van der Waals surface area contributed by atoms with Crippen molar-refractivity contribution in [1.82, 2.24) is 0 Å².